The molecule has 0 saturated heterocycles. The van der Waals surface area contributed by atoms with E-state index in [2.05, 4.69) is 0 Å². The summed E-state index contributed by atoms with van der Waals surface area (Å²) in [7, 11) is 0. The third-order valence-electron chi connectivity index (χ3n) is 2.34. The molecule has 1 aliphatic rings. The Labute approximate surface area is 120 Å². The fraction of sp³-hybridized carbons (Fsp3) is 0.600. The Kier molecular flexibility index (Phi) is 4.44. The number of carbonyl (C=O) groups is 2. The molecule has 1 rings (SSSR count). The Bertz CT molecular complexity index is 407. The molecule has 0 aliphatic carbocycles. The molecule has 2 amide bonds. The zero-order valence-electron chi connectivity index (χ0n) is 13.1. The Hall–Kier alpha value is -1.62. The van der Waals surface area contributed by atoms with Crippen LogP contribution in [0.15, 0.2) is 24.6 Å². The topological polar surface area (TPSA) is 52.6 Å². The summed E-state index contributed by atoms with van der Waals surface area (Å²) in [5.41, 5.74) is -1.35. The van der Waals surface area contributed by atoms with E-state index >= 15 is 0 Å². The lowest BCUT2D eigenvalue weighted by Crippen LogP contribution is -2.53. The second kappa shape index (κ2) is 5.40. The van der Waals surface area contributed by atoms with E-state index < -0.39 is 27.9 Å². The lowest BCUT2D eigenvalue weighted by atomic mass is 10.2. The van der Waals surface area contributed by atoms with E-state index in [9.17, 15) is 9.59 Å². The van der Waals surface area contributed by atoms with Gasteiger partial charge in [0.15, 0.2) is 0 Å². The van der Waals surface area contributed by atoms with Crippen LogP contribution in [-0.2, 0) is 9.47 Å². The van der Waals surface area contributed by atoms with E-state index in [4.69, 9.17) is 9.47 Å². The minimum atomic E-state index is -0.700. The van der Waals surface area contributed by atoms with Gasteiger partial charge in [0.1, 0.15) is 23.6 Å². The number of quaternary nitrogens is 1. The van der Waals surface area contributed by atoms with Gasteiger partial charge in [0.05, 0.1) is 0 Å². The Morgan fingerprint density at radius 1 is 0.850 bits per heavy atom. The van der Waals surface area contributed by atoms with Crippen molar-refractivity contribution >= 4 is 12.2 Å². The Morgan fingerprint density at radius 2 is 1.20 bits per heavy atom. The standard InChI is InChI=1S/C15H24NO4/c1-14(2,3)19-12(17)16(10-8-7-9-11-16)13(18)20-15(4,5)6/h8-11H,7H2,1-6H3/q+1. The van der Waals surface area contributed by atoms with E-state index in [0.29, 0.717) is 6.42 Å². The van der Waals surface area contributed by atoms with E-state index in [-0.39, 0.29) is 0 Å². The highest BCUT2D eigenvalue weighted by Crippen LogP contribution is 2.25. The quantitative estimate of drug-likeness (QED) is 0.627. The average Bonchev–Trinajstić information content (AvgIpc) is 2.25. The predicted molar refractivity (Wildman–Crippen MR) is 75.6 cm³/mol. The van der Waals surface area contributed by atoms with E-state index in [1.165, 1.54) is 12.4 Å². The molecule has 5 nitrogen and oxygen atoms in total. The minimum Gasteiger partial charge on any atom is -0.413 e. The first-order valence-electron chi connectivity index (χ1n) is 6.67. The van der Waals surface area contributed by atoms with E-state index in [1.807, 2.05) is 0 Å². The van der Waals surface area contributed by atoms with Gasteiger partial charge in [-0.1, -0.05) is 4.48 Å². The smallest absolute Gasteiger partial charge is 0.413 e. The second-order valence-corrected chi connectivity index (χ2v) is 6.74. The number of rotatable bonds is 0. The summed E-state index contributed by atoms with van der Waals surface area (Å²) in [6.07, 6.45) is 5.83. The highest BCUT2D eigenvalue weighted by molar-refractivity contribution is 5.79. The van der Waals surface area contributed by atoms with Crippen molar-refractivity contribution < 1.29 is 23.5 Å². The summed E-state index contributed by atoms with van der Waals surface area (Å²) in [4.78, 5) is 24.8. The van der Waals surface area contributed by atoms with Crippen LogP contribution in [0.25, 0.3) is 0 Å². The van der Waals surface area contributed by atoms with Gasteiger partial charge in [0, 0.05) is 0 Å². The molecule has 0 spiro atoms. The van der Waals surface area contributed by atoms with Gasteiger partial charge in [0.25, 0.3) is 0 Å². The van der Waals surface area contributed by atoms with Crippen LogP contribution >= 0.6 is 0 Å². The first-order chi connectivity index (χ1) is 8.96. The Morgan fingerprint density at radius 3 is 1.50 bits per heavy atom. The van der Waals surface area contributed by atoms with Crippen molar-refractivity contribution in [1.82, 2.24) is 0 Å². The number of nitrogens with zero attached hydrogens (tertiary/aromatic N) is 1. The third-order valence-corrected chi connectivity index (χ3v) is 2.34. The van der Waals surface area contributed by atoms with Crippen molar-refractivity contribution in [3.63, 3.8) is 0 Å². The van der Waals surface area contributed by atoms with Crippen LogP contribution in [0.2, 0.25) is 0 Å². The molecule has 0 N–H and O–H groups in total. The number of hydrogen-bond acceptors (Lipinski definition) is 4. The average molecular weight is 282 g/mol. The van der Waals surface area contributed by atoms with Crippen molar-refractivity contribution in [3.8, 4) is 0 Å². The van der Waals surface area contributed by atoms with Gasteiger partial charge < -0.3 is 9.47 Å². The molecule has 5 heteroatoms. The van der Waals surface area contributed by atoms with Gasteiger partial charge in [-0.3, -0.25) is 0 Å². The molecule has 1 heterocycles. The maximum absolute atomic E-state index is 12.4. The molecular formula is C15H24NO4+. The number of imide groups is 1. The monoisotopic (exact) mass is 282 g/mol. The zero-order chi connectivity index (χ0) is 15.6. The molecule has 20 heavy (non-hydrogen) atoms. The zero-order valence-corrected chi connectivity index (χ0v) is 13.1. The molecule has 0 aromatic rings. The van der Waals surface area contributed by atoms with E-state index in [1.54, 1.807) is 53.7 Å². The summed E-state index contributed by atoms with van der Waals surface area (Å²) in [5.74, 6) is 0. The molecule has 0 atom stereocenters. The molecule has 0 aromatic heterocycles. The third kappa shape index (κ3) is 4.20. The highest BCUT2D eigenvalue weighted by Gasteiger charge is 2.49. The summed E-state index contributed by atoms with van der Waals surface area (Å²) in [5, 5.41) is 0. The Balaban J connectivity index is 3.08. The summed E-state index contributed by atoms with van der Waals surface area (Å²) in [6.45, 7) is 10.5. The fourth-order valence-corrected chi connectivity index (χ4v) is 1.58. The van der Waals surface area contributed by atoms with Gasteiger partial charge in [0.2, 0.25) is 0 Å². The first-order valence-corrected chi connectivity index (χ1v) is 6.67. The van der Waals surface area contributed by atoms with Crippen LogP contribution in [0.1, 0.15) is 48.0 Å². The summed E-state index contributed by atoms with van der Waals surface area (Å²) in [6, 6.07) is 0. The molecular weight excluding hydrogens is 258 g/mol. The molecule has 1 aliphatic heterocycles. The number of amides is 2. The van der Waals surface area contributed by atoms with Crippen molar-refractivity contribution in [2.24, 2.45) is 0 Å². The van der Waals surface area contributed by atoms with Crippen LogP contribution in [0.3, 0.4) is 0 Å². The van der Waals surface area contributed by atoms with Gasteiger partial charge in [-0.15, -0.1) is 0 Å². The van der Waals surface area contributed by atoms with E-state index in [0.717, 1.165) is 0 Å². The molecule has 0 radical (unpaired) electrons. The highest BCUT2D eigenvalue weighted by atomic mass is 16.6. The van der Waals surface area contributed by atoms with Gasteiger partial charge in [-0.2, -0.15) is 9.59 Å². The number of ether oxygens (including phenoxy) is 2. The molecule has 112 valence electrons. The maximum atomic E-state index is 12.4. The number of allylic oxidation sites excluding steroid dienone is 2. The van der Waals surface area contributed by atoms with Crippen LogP contribution < -0.4 is 0 Å². The van der Waals surface area contributed by atoms with Gasteiger partial charge >= 0.3 is 12.2 Å². The van der Waals surface area contributed by atoms with Crippen molar-refractivity contribution in [3.05, 3.63) is 24.6 Å². The number of carbonyl (C=O) groups excluding carboxylic acids is 2. The molecule has 0 bridgehead atoms. The predicted octanol–water partition coefficient (Wildman–Crippen LogP) is 4.10. The van der Waals surface area contributed by atoms with Crippen molar-refractivity contribution in [2.75, 3.05) is 0 Å². The number of hydrogen-bond donors (Lipinski definition) is 0. The normalized spacial score (nSPS) is 17.7. The SMILES string of the molecule is CC(C)(C)OC(=O)[N+]1(C(=O)OC(C)(C)C)C=CCC=C1. The summed E-state index contributed by atoms with van der Waals surface area (Å²) >= 11 is 0. The van der Waals surface area contributed by atoms with Gasteiger partial charge in [-0.25, -0.2) is 0 Å². The largest absolute Gasteiger partial charge is 0.536 e. The molecule has 0 fully saturated rings. The molecule has 0 aromatic carbocycles. The lowest BCUT2D eigenvalue weighted by molar-refractivity contribution is -0.678. The van der Waals surface area contributed by atoms with Crippen molar-refractivity contribution in [2.45, 2.75) is 59.2 Å². The maximum Gasteiger partial charge on any atom is 0.536 e. The van der Waals surface area contributed by atoms with Gasteiger partial charge in [-0.05, 0) is 60.1 Å². The lowest BCUT2D eigenvalue weighted by Gasteiger charge is -2.30. The van der Waals surface area contributed by atoms with Crippen LogP contribution in [-0.4, -0.2) is 27.9 Å². The molecule has 0 saturated carbocycles. The minimum absolute atomic E-state index is 0.668. The van der Waals surface area contributed by atoms with Crippen molar-refractivity contribution in [1.29, 1.82) is 0 Å². The van der Waals surface area contributed by atoms with Crippen LogP contribution in [0.4, 0.5) is 9.59 Å². The fourth-order valence-electron chi connectivity index (χ4n) is 1.58. The van der Waals surface area contributed by atoms with Crippen LogP contribution in [0.5, 0.6) is 0 Å². The molecule has 0 unspecified atom stereocenters. The summed E-state index contributed by atoms with van der Waals surface area (Å²) < 4.78 is 9.99. The second-order valence-electron chi connectivity index (χ2n) is 6.74. The first kappa shape index (κ1) is 16.4. The van der Waals surface area contributed by atoms with Crippen LogP contribution in [0, 0.1) is 0 Å².